The number of aryl methyl sites for hydroxylation is 3. The molecule has 2 N–H and O–H groups in total. The number of hydrogen-bond acceptors (Lipinski definition) is 4. The second-order valence-electron chi connectivity index (χ2n) is 6.15. The number of amides is 2. The van der Waals surface area contributed by atoms with Crippen molar-refractivity contribution in [2.24, 2.45) is 0 Å². The normalized spacial score (nSPS) is 10.2. The summed E-state index contributed by atoms with van der Waals surface area (Å²) in [4.78, 5) is 35.4. The van der Waals surface area contributed by atoms with Gasteiger partial charge in [-0.1, -0.05) is 12.1 Å². The monoisotopic (exact) mass is 372 g/mol. The molecule has 2 amide bonds. The summed E-state index contributed by atoms with van der Waals surface area (Å²) in [6, 6.07) is 9.46. The summed E-state index contributed by atoms with van der Waals surface area (Å²) in [7, 11) is 0. The molecule has 0 aliphatic rings. The lowest BCUT2D eigenvalue weighted by Gasteiger charge is -2.09. The third-order valence-corrected chi connectivity index (χ3v) is 3.98. The highest BCUT2D eigenvalue weighted by Crippen LogP contribution is 2.13. The molecule has 0 bridgehead atoms. The first-order valence-corrected chi connectivity index (χ1v) is 8.33. The van der Waals surface area contributed by atoms with Crippen LogP contribution in [-0.4, -0.2) is 30.9 Å². The maximum atomic E-state index is 13.4. The van der Waals surface area contributed by atoms with Crippen LogP contribution in [0.4, 0.5) is 10.1 Å². The van der Waals surface area contributed by atoms with Crippen LogP contribution in [0.25, 0.3) is 0 Å². The second kappa shape index (κ2) is 8.93. The molecule has 0 aliphatic carbocycles. The molecular formula is C20H21FN2O4. The largest absolute Gasteiger partial charge is 0.454 e. The van der Waals surface area contributed by atoms with Gasteiger partial charge in [0.2, 0.25) is 0 Å². The van der Waals surface area contributed by atoms with E-state index in [4.69, 9.17) is 4.74 Å². The lowest BCUT2D eigenvalue weighted by molar-refractivity contribution is -0.146. The fourth-order valence-electron chi connectivity index (χ4n) is 2.20. The van der Waals surface area contributed by atoms with Gasteiger partial charge in [0.1, 0.15) is 12.4 Å². The average molecular weight is 372 g/mol. The zero-order valence-electron chi connectivity index (χ0n) is 15.4. The minimum absolute atomic E-state index is 0.266. The summed E-state index contributed by atoms with van der Waals surface area (Å²) in [5.74, 6) is -2.21. The van der Waals surface area contributed by atoms with E-state index < -0.39 is 30.2 Å². The van der Waals surface area contributed by atoms with Crippen LogP contribution < -0.4 is 10.6 Å². The first kappa shape index (κ1) is 20.1. The highest BCUT2D eigenvalue weighted by atomic mass is 19.1. The molecule has 0 aliphatic heterocycles. The van der Waals surface area contributed by atoms with E-state index in [2.05, 4.69) is 10.6 Å². The Hall–Kier alpha value is -3.22. The van der Waals surface area contributed by atoms with Crippen LogP contribution in [0, 0.1) is 26.6 Å². The Kier molecular flexibility index (Phi) is 6.65. The lowest BCUT2D eigenvalue weighted by Crippen LogP contribution is -2.32. The van der Waals surface area contributed by atoms with Crippen molar-refractivity contribution in [1.29, 1.82) is 0 Å². The van der Waals surface area contributed by atoms with Crippen molar-refractivity contribution < 1.29 is 23.5 Å². The third-order valence-electron chi connectivity index (χ3n) is 3.98. The van der Waals surface area contributed by atoms with Crippen LogP contribution in [0.15, 0.2) is 36.4 Å². The standard InChI is InChI=1S/C20H21FN2O4/c1-12-4-6-15(8-14(12)3)20(26)22-10-19(25)27-11-18(24)23-16-7-5-13(2)17(21)9-16/h4-9H,10-11H2,1-3H3,(H,22,26)(H,23,24). The molecule has 2 rings (SSSR count). The summed E-state index contributed by atoms with van der Waals surface area (Å²) in [6.45, 7) is 4.53. The van der Waals surface area contributed by atoms with Crippen molar-refractivity contribution in [1.82, 2.24) is 5.32 Å². The van der Waals surface area contributed by atoms with Crippen molar-refractivity contribution in [3.63, 3.8) is 0 Å². The number of anilines is 1. The van der Waals surface area contributed by atoms with Crippen LogP contribution in [-0.2, 0) is 14.3 Å². The van der Waals surface area contributed by atoms with Gasteiger partial charge in [0.05, 0.1) is 0 Å². The van der Waals surface area contributed by atoms with Crippen LogP contribution >= 0.6 is 0 Å². The quantitative estimate of drug-likeness (QED) is 0.764. The molecule has 0 fully saturated rings. The van der Waals surface area contributed by atoms with Gasteiger partial charge in [-0.05, 0) is 61.7 Å². The summed E-state index contributed by atoms with van der Waals surface area (Å²) < 4.78 is 18.2. The smallest absolute Gasteiger partial charge is 0.325 e. The molecule has 0 aromatic heterocycles. The average Bonchev–Trinajstić information content (AvgIpc) is 2.63. The molecule has 6 nitrogen and oxygen atoms in total. The predicted octanol–water partition coefficient (Wildman–Crippen LogP) is 2.66. The van der Waals surface area contributed by atoms with Crippen molar-refractivity contribution in [3.05, 3.63) is 64.5 Å². The molecule has 0 radical (unpaired) electrons. The van der Waals surface area contributed by atoms with Crippen molar-refractivity contribution in [3.8, 4) is 0 Å². The van der Waals surface area contributed by atoms with Gasteiger partial charge in [-0.15, -0.1) is 0 Å². The van der Waals surface area contributed by atoms with E-state index in [-0.39, 0.29) is 12.2 Å². The fraction of sp³-hybridized carbons (Fsp3) is 0.250. The molecule has 0 saturated carbocycles. The first-order chi connectivity index (χ1) is 12.8. The molecule has 0 heterocycles. The van der Waals surface area contributed by atoms with Gasteiger partial charge < -0.3 is 15.4 Å². The Morgan fingerprint density at radius 2 is 1.67 bits per heavy atom. The number of nitrogens with one attached hydrogen (secondary N) is 2. The van der Waals surface area contributed by atoms with Crippen molar-refractivity contribution >= 4 is 23.5 Å². The molecule has 0 atom stereocenters. The van der Waals surface area contributed by atoms with Crippen LogP contribution in [0.2, 0.25) is 0 Å². The van der Waals surface area contributed by atoms with E-state index >= 15 is 0 Å². The molecular weight excluding hydrogens is 351 g/mol. The van der Waals surface area contributed by atoms with E-state index in [0.29, 0.717) is 11.1 Å². The summed E-state index contributed by atoms with van der Waals surface area (Å²) >= 11 is 0. The highest BCUT2D eigenvalue weighted by Gasteiger charge is 2.12. The van der Waals surface area contributed by atoms with Gasteiger partial charge >= 0.3 is 5.97 Å². The Balaban J connectivity index is 1.76. The number of esters is 1. The number of hydrogen-bond donors (Lipinski definition) is 2. The van der Waals surface area contributed by atoms with E-state index in [0.717, 1.165) is 11.1 Å². The predicted molar refractivity (Wildman–Crippen MR) is 99.0 cm³/mol. The fourth-order valence-corrected chi connectivity index (χ4v) is 2.20. The van der Waals surface area contributed by atoms with Gasteiger partial charge in [0, 0.05) is 11.3 Å². The van der Waals surface area contributed by atoms with E-state index in [1.165, 1.54) is 12.1 Å². The topological polar surface area (TPSA) is 84.5 Å². The van der Waals surface area contributed by atoms with Gasteiger partial charge in [-0.2, -0.15) is 0 Å². The van der Waals surface area contributed by atoms with Crippen molar-refractivity contribution in [2.75, 3.05) is 18.5 Å². The second-order valence-corrected chi connectivity index (χ2v) is 6.15. The van der Waals surface area contributed by atoms with Crippen LogP contribution in [0.3, 0.4) is 0 Å². The summed E-state index contributed by atoms with van der Waals surface area (Å²) in [5.41, 5.74) is 3.19. The number of halogens is 1. The molecule has 7 heteroatoms. The van der Waals surface area contributed by atoms with Crippen LogP contribution in [0.1, 0.15) is 27.0 Å². The van der Waals surface area contributed by atoms with E-state index in [1.807, 2.05) is 19.9 Å². The molecule has 27 heavy (non-hydrogen) atoms. The Labute approximate surface area is 156 Å². The van der Waals surface area contributed by atoms with Gasteiger partial charge in [0.25, 0.3) is 11.8 Å². The number of carbonyl (C=O) groups excluding carboxylic acids is 3. The van der Waals surface area contributed by atoms with Gasteiger partial charge in [-0.3, -0.25) is 14.4 Å². The molecule has 2 aromatic rings. The minimum atomic E-state index is -0.752. The van der Waals surface area contributed by atoms with E-state index in [1.54, 1.807) is 25.1 Å². The molecule has 0 saturated heterocycles. The summed E-state index contributed by atoms with van der Waals surface area (Å²) in [6.07, 6.45) is 0. The van der Waals surface area contributed by atoms with Gasteiger partial charge in [-0.25, -0.2) is 4.39 Å². The number of rotatable bonds is 6. The molecule has 0 unspecified atom stereocenters. The SMILES string of the molecule is Cc1ccc(C(=O)NCC(=O)OCC(=O)Nc2ccc(C)c(F)c2)cc1C. The highest BCUT2D eigenvalue weighted by molar-refractivity contribution is 5.96. The number of carbonyl (C=O) groups is 3. The zero-order valence-corrected chi connectivity index (χ0v) is 15.4. The maximum absolute atomic E-state index is 13.4. The van der Waals surface area contributed by atoms with Crippen LogP contribution in [0.5, 0.6) is 0 Å². The molecule has 2 aromatic carbocycles. The minimum Gasteiger partial charge on any atom is -0.454 e. The Morgan fingerprint density at radius 1 is 0.963 bits per heavy atom. The Morgan fingerprint density at radius 3 is 2.33 bits per heavy atom. The third kappa shape index (κ3) is 5.91. The maximum Gasteiger partial charge on any atom is 0.325 e. The molecule has 142 valence electrons. The first-order valence-electron chi connectivity index (χ1n) is 8.33. The number of ether oxygens (including phenoxy) is 1. The Bertz CT molecular complexity index is 880. The molecule has 0 spiro atoms. The van der Waals surface area contributed by atoms with Crippen molar-refractivity contribution in [2.45, 2.75) is 20.8 Å². The van der Waals surface area contributed by atoms with Gasteiger partial charge in [0.15, 0.2) is 6.61 Å². The zero-order chi connectivity index (χ0) is 20.0. The number of benzene rings is 2. The lowest BCUT2D eigenvalue weighted by atomic mass is 10.1. The van der Waals surface area contributed by atoms with E-state index in [9.17, 15) is 18.8 Å². The summed E-state index contributed by atoms with van der Waals surface area (Å²) in [5, 5.41) is 4.86.